The minimum absolute atomic E-state index is 0.213. The van der Waals surface area contributed by atoms with Crippen molar-refractivity contribution >= 4 is 39.3 Å². The molecule has 2 N–H and O–H groups in total. The molecule has 90 valence electrons. The number of benzene rings is 1. The van der Waals surface area contributed by atoms with Crippen LogP contribution in [-0.4, -0.2) is 30.6 Å². The van der Waals surface area contributed by atoms with Crippen LogP contribution in [0.1, 0.15) is 6.42 Å². The molecule has 0 bridgehead atoms. The van der Waals surface area contributed by atoms with Crippen LogP contribution in [0, 0.1) is 0 Å². The molecule has 0 atom stereocenters. The highest BCUT2D eigenvalue weighted by Gasteiger charge is 2.27. The van der Waals surface area contributed by atoms with Crippen LogP contribution in [0.25, 0.3) is 0 Å². The van der Waals surface area contributed by atoms with Crippen molar-refractivity contribution in [2.75, 3.05) is 6.54 Å². The summed E-state index contributed by atoms with van der Waals surface area (Å²) in [5.41, 5.74) is 5.82. The average molecular weight is 269 g/mol. The summed E-state index contributed by atoms with van der Waals surface area (Å²) < 4.78 is 25.5. The lowest BCUT2D eigenvalue weighted by molar-refractivity contribution is 0.529. The zero-order chi connectivity index (χ0) is 12.5. The Morgan fingerprint density at radius 1 is 1.41 bits per heavy atom. The first-order valence-electron chi connectivity index (χ1n) is 4.95. The van der Waals surface area contributed by atoms with Gasteiger partial charge < -0.3 is 5.73 Å². The van der Waals surface area contributed by atoms with Gasteiger partial charge in [-0.15, -0.1) is 0 Å². The van der Waals surface area contributed by atoms with Crippen molar-refractivity contribution in [3.05, 3.63) is 24.3 Å². The van der Waals surface area contributed by atoms with E-state index in [-0.39, 0.29) is 16.4 Å². The van der Waals surface area contributed by atoms with E-state index in [9.17, 15) is 8.42 Å². The summed E-state index contributed by atoms with van der Waals surface area (Å²) in [5, 5.41) is 0. The largest absolute Gasteiger partial charge is 0.393 e. The number of fused-ring (bicyclic) bond motifs is 1. The maximum Gasteiger partial charge on any atom is 0.267 e. The van der Waals surface area contributed by atoms with Crippen LogP contribution < -0.4 is 5.73 Å². The molecule has 0 fully saturated rings. The van der Waals surface area contributed by atoms with Crippen LogP contribution in [-0.2, 0) is 10.0 Å². The number of nitrogens with zero attached hydrogens (tertiary/aromatic N) is 2. The standard InChI is InChI=1S/C10H11N3O2S2/c11-10(16)5-6-13-7-12-8-3-1-2-4-9(8)17(13,14)15/h1-4,7H,5-6H2,(H2,11,16). The quantitative estimate of drug-likeness (QED) is 0.831. The van der Waals surface area contributed by atoms with E-state index in [2.05, 4.69) is 4.99 Å². The Labute approximate surface area is 105 Å². The van der Waals surface area contributed by atoms with E-state index in [1.54, 1.807) is 18.2 Å². The molecular formula is C10H11N3O2S2. The number of aliphatic imine (C=N–C) groups is 1. The molecule has 0 aromatic heterocycles. The number of sulfonamides is 1. The molecule has 5 nitrogen and oxygen atoms in total. The first kappa shape index (κ1) is 12.0. The molecule has 1 aromatic carbocycles. The highest BCUT2D eigenvalue weighted by atomic mass is 32.2. The second-order valence-electron chi connectivity index (χ2n) is 3.54. The van der Waals surface area contributed by atoms with E-state index >= 15 is 0 Å². The molecule has 0 radical (unpaired) electrons. The lowest BCUT2D eigenvalue weighted by Crippen LogP contribution is -2.34. The van der Waals surface area contributed by atoms with Gasteiger partial charge in [0.15, 0.2) is 0 Å². The molecule has 2 rings (SSSR count). The van der Waals surface area contributed by atoms with Gasteiger partial charge in [0.25, 0.3) is 10.0 Å². The second kappa shape index (κ2) is 4.42. The molecule has 0 aliphatic carbocycles. The van der Waals surface area contributed by atoms with Crippen molar-refractivity contribution in [1.29, 1.82) is 0 Å². The van der Waals surface area contributed by atoms with Gasteiger partial charge in [0, 0.05) is 13.0 Å². The third kappa shape index (κ3) is 2.29. The number of hydrogen-bond acceptors (Lipinski definition) is 4. The summed E-state index contributed by atoms with van der Waals surface area (Å²) in [6.45, 7) is 0.218. The van der Waals surface area contributed by atoms with Crippen molar-refractivity contribution in [3.8, 4) is 0 Å². The summed E-state index contributed by atoms with van der Waals surface area (Å²) in [6, 6.07) is 6.61. The molecule has 7 heteroatoms. The Morgan fingerprint density at radius 2 is 2.12 bits per heavy atom. The van der Waals surface area contributed by atoms with Crippen molar-refractivity contribution in [2.45, 2.75) is 11.3 Å². The van der Waals surface area contributed by atoms with Crippen LogP contribution in [0.15, 0.2) is 34.2 Å². The van der Waals surface area contributed by atoms with E-state index in [1.165, 1.54) is 12.4 Å². The van der Waals surface area contributed by atoms with Gasteiger partial charge in [-0.05, 0) is 12.1 Å². The van der Waals surface area contributed by atoms with Crippen LogP contribution in [0.4, 0.5) is 5.69 Å². The van der Waals surface area contributed by atoms with E-state index in [4.69, 9.17) is 18.0 Å². The van der Waals surface area contributed by atoms with Crippen LogP contribution in [0.5, 0.6) is 0 Å². The highest BCUT2D eigenvalue weighted by molar-refractivity contribution is 7.89. The van der Waals surface area contributed by atoms with Gasteiger partial charge in [-0.25, -0.2) is 13.4 Å². The van der Waals surface area contributed by atoms with E-state index in [0.717, 1.165) is 4.31 Å². The molecule has 1 heterocycles. The molecule has 0 amide bonds. The van der Waals surface area contributed by atoms with Gasteiger partial charge in [0.05, 0.1) is 10.7 Å². The zero-order valence-electron chi connectivity index (χ0n) is 8.91. The molecule has 1 aromatic rings. The predicted molar refractivity (Wildman–Crippen MR) is 69.9 cm³/mol. The van der Waals surface area contributed by atoms with Gasteiger partial charge in [0.1, 0.15) is 11.2 Å². The van der Waals surface area contributed by atoms with Gasteiger partial charge in [-0.3, -0.25) is 4.31 Å². The summed E-state index contributed by atoms with van der Waals surface area (Å²) in [6.07, 6.45) is 1.64. The number of hydrogen-bond donors (Lipinski definition) is 1. The zero-order valence-corrected chi connectivity index (χ0v) is 10.5. The second-order valence-corrected chi connectivity index (χ2v) is 5.93. The van der Waals surface area contributed by atoms with Gasteiger partial charge >= 0.3 is 0 Å². The van der Waals surface area contributed by atoms with Crippen molar-refractivity contribution in [1.82, 2.24) is 4.31 Å². The molecule has 0 saturated carbocycles. The number of thiocarbonyl (C=S) groups is 1. The minimum Gasteiger partial charge on any atom is -0.393 e. The molecule has 1 aliphatic heterocycles. The third-order valence-electron chi connectivity index (χ3n) is 2.36. The fourth-order valence-electron chi connectivity index (χ4n) is 1.50. The van der Waals surface area contributed by atoms with E-state index < -0.39 is 10.0 Å². The van der Waals surface area contributed by atoms with Crippen molar-refractivity contribution in [3.63, 3.8) is 0 Å². The fraction of sp³-hybridized carbons (Fsp3) is 0.200. The Bertz CT molecular complexity index is 581. The molecule has 0 unspecified atom stereocenters. The maximum atomic E-state index is 12.2. The van der Waals surface area contributed by atoms with Gasteiger partial charge in [0.2, 0.25) is 0 Å². The van der Waals surface area contributed by atoms with Crippen LogP contribution >= 0.6 is 12.2 Å². The molecule has 0 saturated heterocycles. The van der Waals surface area contributed by atoms with Crippen LogP contribution in [0.2, 0.25) is 0 Å². The van der Waals surface area contributed by atoms with Crippen LogP contribution in [0.3, 0.4) is 0 Å². The predicted octanol–water partition coefficient (Wildman–Crippen LogP) is 1.03. The maximum absolute atomic E-state index is 12.2. The highest BCUT2D eigenvalue weighted by Crippen LogP contribution is 2.29. The van der Waals surface area contributed by atoms with Gasteiger partial charge in [-0.2, -0.15) is 0 Å². The SMILES string of the molecule is NC(=S)CCN1C=Nc2ccccc2S1(=O)=O. The molecule has 1 aliphatic rings. The Kier molecular flexibility index (Phi) is 3.12. The minimum atomic E-state index is -3.51. The number of para-hydroxylation sites is 1. The summed E-state index contributed by atoms with van der Waals surface area (Å²) >= 11 is 4.73. The third-order valence-corrected chi connectivity index (χ3v) is 4.36. The monoisotopic (exact) mass is 269 g/mol. The van der Waals surface area contributed by atoms with Crippen molar-refractivity contribution in [2.24, 2.45) is 10.7 Å². The normalized spacial score (nSPS) is 16.6. The first-order valence-corrected chi connectivity index (χ1v) is 6.80. The van der Waals surface area contributed by atoms with Crippen molar-refractivity contribution < 1.29 is 8.42 Å². The Balaban J connectivity index is 2.34. The smallest absolute Gasteiger partial charge is 0.267 e. The van der Waals surface area contributed by atoms with E-state index in [1.807, 2.05) is 0 Å². The summed E-state index contributed by atoms with van der Waals surface area (Å²) in [7, 11) is -3.51. The fourth-order valence-corrected chi connectivity index (χ4v) is 2.98. The Morgan fingerprint density at radius 3 is 2.82 bits per heavy atom. The summed E-state index contributed by atoms with van der Waals surface area (Å²) in [5.74, 6) is 0. The lowest BCUT2D eigenvalue weighted by Gasteiger charge is -2.23. The van der Waals surface area contributed by atoms with Gasteiger partial charge in [-0.1, -0.05) is 24.4 Å². The average Bonchev–Trinajstić information content (AvgIpc) is 2.28. The Hall–Kier alpha value is -1.47. The molecule has 17 heavy (non-hydrogen) atoms. The molecule has 0 spiro atoms. The molecular weight excluding hydrogens is 258 g/mol. The van der Waals surface area contributed by atoms with E-state index in [0.29, 0.717) is 12.1 Å². The topological polar surface area (TPSA) is 75.8 Å². The first-order chi connectivity index (χ1) is 8.01. The number of rotatable bonds is 3. The number of nitrogens with two attached hydrogens (primary N) is 1. The summed E-state index contributed by atoms with van der Waals surface area (Å²) in [4.78, 5) is 4.58. The lowest BCUT2D eigenvalue weighted by atomic mass is 10.3.